The Morgan fingerprint density at radius 2 is 2.16 bits per heavy atom. The number of nitrogens with zero attached hydrogens (tertiary/aromatic N) is 4. The van der Waals surface area contributed by atoms with Crippen molar-refractivity contribution in [2.24, 2.45) is 0 Å². The summed E-state index contributed by atoms with van der Waals surface area (Å²) in [6.07, 6.45) is 4.91. The quantitative estimate of drug-likeness (QED) is 0.770. The van der Waals surface area contributed by atoms with Gasteiger partial charge in [0.05, 0.1) is 12.4 Å². The molecular formula is C11H9BrN6O. The maximum absolute atomic E-state index is 5.73. The molecule has 0 aliphatic rings. The maximum Gasteiger partial charge on any atom is 0.235 e. The Labute approximate surface area is 116 Å². The minimum absolute atomic E-state index is 0.419. The van der Waals surface area contributed by atoms with E-state index in [0.29, 0.717) is 28.6 Å². The molecule has 0 saturated carbocycles. The van der Waals surface area contributed by atoms with Gasteiger partial charge in [0.2, 0.25) is 11.8 Å². The highest BCUT2D eigenvalue weighted by molar-refractivity contribution is 9.10. The molecular weight excluding hydrogens is 312 g/mol. The molecule has 0 atom stereocenters. The van der Waals surface area contributed by atoms with E-state index < -0.39 is 0 Å². The normalized spacial score (nSPS) is 10.6. The van der Waals surface area contributed by atoms with Gasteiger partial charge >= 0.3 is 0 Å². The van der Waals surface area contributed by atoms with Gasteiger partial charge in [-0.25, -0.2) is 0 Å². The smallest absolute Gasteiger partial charge is 0.235 e. The molecule has 7 nitrogen and oxygen atoms in total. The van der Waals surface area contributed by atoms with Gasteiger partial charge < -0.3 is 10.1 Å². The van der Waals surface area contributed by atoms with Gasteiger partial charge in [-0.1, -0.05) is 0 Å². The molecule has 2 N–H and O–H groups in total. The predicted octanol–water partition coefficient (Wildman–Crippen LogP) is 2.34. The van der Waals surface area contributed by atoms with Crippen molar-refractivity contribution in [1.82, 2.24) is 25.1 Å². The van der Waals surface area contributed by atoms with Gasteiger partial charge in [0.1, 0.15) is 11.1 Å². The Kier molecular flexibility index (Phi) is 3.00. The molecule has 96 valence electrons. The summed E-state index contributed by atoms with van der Waals surface area (Å²) in [6.45, 7) is 0. The lowest BCUT2D eigenvalue weighted by molar-refractivity contribution is 0.466. The molecule has 3 aromatic heterocycles. The average molecular weight is 321 g/mol. The fraction of sp³-hybridized carbons (Fsp3) is 0.0909. The number of rotatable bonds is 3. The van der Waals surface area contributed by atoms with Crippen LogP contribution in [-0.4, -0.2) is 32.2 Å². The SMILES string of the molecule is CNc1nc(Oc2cncc(Br)c2)c2cn[nH]c2n1. The molecule has 0 aromatic carbocycles. The van der Waals surface area contributed by atoms with Crippen LogP contribution in [0.1, 0.15) is 0 Å². The summed E-state index contributed by atoms with van der Waals surface area (Å²) in [7, 11) is 1.74. The van der Waals surface area contributed by atoms with Crippen LogP contribution < -0.4 is 10.1 Å². The second-order valence-electron chi connectivity index (χ2n) is 3.68. The zero-order chi connectivity index (χ0) is 13.2. The van der Waals surface area contributed by atoms with E-state index in [1.165, 1.54) is 0 Å². The predicted molar refractivity (Wildman–Crippen MR) is 73.2 cm³/mol. The number of anilines is 1. The first-order valence-corrected chi connectivity index (χ1v) is 6.23. The van der Waals surface area contributed by atoms with Crippen LogP contribution in [0.2, 0.25) is 0 Å². The van der Waals surface area contributed by atoms with Crippen molar-refractivity contribution in [2.45, 2.75) is 0 Å². The molecule has 0 saturated heterocycles. The lowest BCUT2D eigenvalue weighted by atomic mass is 10.4. The first kappa shape index (κ1) is 11.8. The average Bonchev–Trinajstić information content (AvgIpc) is 2.87. The topological polar surface area (TPSA) is 88.6 Å². The number of H-pyrrole nitrogens is 1. The van der Waals surface area contributed by atoms with Gasteiger partial charge in [0.25, 0.3) is 0 Å². The molecule has 0 aliphatic heterocycles. The number of pyridine rings is 1. The van der Waals surface area contributed by atoms with Crippen molar-refractivity contribution in [3.63, 3.8) is 0 Å². The Bertz CT molecular complexity index is 728. The third-order valence-corrected chi connectivity index (χ3v) is 2.83. The fourth-order valence-electron chi connectivity index (χ4n) is 1.56. The minimum Gasteiger partial charge on any atom is -0.436 e. The molecule has 3 heterocycles. The van der Waals surface area contributed by atoms with E-state index in [-0.39, 0.29) is 0 Å². The van der Waals surface area contributed by atoms with E-state index in [2.05, 4.69) is 46.4 Å². The first-order valence-electron chi connectivity index (χ1n) is 5.43. The van der Waals surface area contributed by atoms with Crippen LogP contribution in [-0.2, 0) is 0 Å². The summed E-state index contributed by atoms with van der Waals surface area (Å²) in [5.74, 6) is 1.45. The third kappa shape index (κ3) is 2.34. The van der Waals surface area contributed by atoms with Crippen molar-refractivity contribution in [3.8, 4) is 11.6 Å². The van der Waals surface area contributed by atoms with Crippen molar-refractivity contribution in [3.05, 3.63) is 29.1 Å². The second kappa shape index (κ2) is 4.81. The summed E-state index contributed by atoms with van der Waals surface area (Å²) in [6, 6.07) is 1.81. The maximum atomic E-state index is 5.73. The Morgan fingerprint density at radius 3 is 2.95 bits per heavy atom. The van der Waals surface area contributed by atoms with Gasteiger partial charge in [0, 0.05) is 17.7 Å². The summed E-state index contributed by atoms with van der Waals surface area (Å²) in [5.41, 5.74) is 0.609. The number of hydrogen-bond acceptors (Lipinski definition) is 6. The molecule has 0 fully saturated rings. The van der Waals surface area contributed by atoms with E-state index >= 15 is 0 Å². The molecule has 3 aromatic rings. The van der Waals surface area contributed by atoms with E-state index in [1.807, 2.05) is 0 Å². The van der Waals surface area contributed by atoms with Gasteiger partial charge in [-0.2, -0.15) is 15.1 Å². The van der Waals surface area contributed by atoms with E-state index in [0.717, 1.165) is 4.47 Å². The van der Waals surface area contributed by atoms with Crippen molar-refractivity contribution >= 4 is 32.9 Å². The monoisotopic (exact) mass is 320 g/mol. The minimum atomic E-state index is 0.419. The molecule has 8 heteroatoms. The Morgan fingerprint density at radius 1 is 1.26 bits per heavy atom. The Balaban J connectivity index is 2.06. The van der Waals surface area contributed by atoms with Crippen LogP contribution in [0, 0.1) is 0 Å². The van der Waals surface area contributed by atoms with Crippen molar-refractivity contribution < 1.29 is 4.74 Å². The summed E-state index contributed by atoms with van der Waals surface area (Å²) in [4.78, 5) is 12.5. The molecule has 0 bridgehead atoms. The summed E-state index contributed by atoms with van der Waals surface area (Å²) in [5, 5.41) is 10.3. The van der Waals surface area contributed by atoms with Gasteiger partial charge in [0.15, 0.2) is 5.65 Å². The summed E-state index contributed by atoms with van der Waals surface area (Å²) >= 11 is 3.34. The Hall–Kier alpha value is -2.22. The number of halogens is 1. The lowest BCUT2D eigenvalue weighted by Gasteiger charge is -2.07. The van der Waals surface area contributed by atoms with Gasteiger partial charge in [-0.3, -0.25) is 10.1 Å². The summed E-state index contributed by atoms with van der Waals surface area (Å²) < 4.78 is 6.56. The van der Waals surface area contributed by atoms with E-state index in [9.17, 15) is 0 Å². The molecule has 3 rings (SSSR count). The molecule has 0 unspecified atom stereocenters. The van der Waals surface area contributed by atoms with Crippen LogP contribution in [0.15, 0.2) is 29.1 Å². The number of hydrogen-bond donors (Lipinski definition) is 2. The van der Waals surface area contributed by atoms with Crippen LogP contribution in [0.5, 0.6) is 11.6 Å². The molecule has 0 aliphatic carbocycles. The molecule has 0 radical (unpaired) electrons. The number of nitrogens with one attached hydrogen (secondary N) is 2. The molecule has 19 heavy (non-hydrogen) atoms. The van der Waals surface area contributed by atoms with Gasteiger partial charge in [-0.15, -0.1) is 0 Å². The number of aromatic amines is 1. The van der Waals surface area contributed by atoms with Crippen LogP contribution in [0.25, 0.3) is 11.0 Å². The first-order chi connectivity index (χ1) is 9.26. The zero-order valence-electron chi connectivity index (χ0n) is 9.88. The van der Waals surface area contributed by atoms with E-state index in [1.54, 1.807) is 31.7 Å². The van der Waals surface area contributed by atoms with Crippen molar-refractivity contribution in [1.29, 1.82) is 0 Å². The highest BCUT2D eigenvalue weighted by Gasteiger charge is 2.11. The van der Waals surface area contributed by atoms with E-state index in [4.69, 9.17) is 4.74 Å². The van der Waals surface area contributed by atoms with Crippen molar-refractivity contribution in [2.75, 3.05) is 12.4 Å². The fourth-order valence-corrected chi connectivity index (χ4v) is 1.90. The lowest BCUT2D eigenvalue weighted by Crippen LogP contribution is -1.99. The highest BCUT2D eigenvalue weighted by atomic mass is 79.9. The molecule has 0 spiro atoms. The zero-order valence-corrected chi connectivity index (χ0v) is 11.5. The highest BCUT2D eigenvalue weighted by Crippen LogP contribution is 2.28. The van der Waals surface area contributed by atoms with Crippen LogP contribution >= 0.6 is 15.9 Å². The number of fused-ring (bicyclic) bond motifs is 1. The molecule has 0 amide bonds. The van der Waals surface area contributed by atoms with Gasteiger partial charge in [-0.05, 0) is 22.0 Å². The van der Waals surface area contributed by atoms with Crippen LogP contribution in [0.4, 0.5) is 5.95 Å². The number of ether oxygens (including phenoxy) is 1. The third-order valence-electron chi connectivity index (χ3n) is 2.39. The standard InChI is InChI=1S/C11H9BrN6O/c1-13-11-16-9-8(5-15-18-9)10(17-11)19-7-2-6(12)3-14-4-7/h2-5H,1H3,(H2,13,15,16,17,18). The second-order valence-corrected chi connectivity index (χ2v) is 4.59. The number of aromatic nitrogens is 5. The van der Waals surface area contributed by atoms with Crippen LogP contribution in [0.3, 0.4) is 0 Å². The largest absolute Gasteiger partial charge is 0.436 e.